The number of rotatable bonds is 3. The first-order valence-corrected chi connectivity index (χ1v) is 2.99. The lowest BCUT2D eigenvalue weighted by atomic mass is 10.4. The van der Waals surface area contributed by atoms with Gasteiger partial charge in [-0.2, -0.15) is 4.98 Å². The van der Waals surface area contributed by atoms with Crippen LogP contribution in [-0.2, 0) is 13.0 Å². The van der Waals surface area contributed by atoms with E-state index in [0.717, 1.165) is 0 Å². The highest BCUT2D eigenvalue weighted by Gasteiger charge is 2.01. The van der Waals surface area contributed by atoms with Crippen LogP contribution in [0.4, 0.5) is 0 Å². The zero-order valence-corrected chi connectivity index (χ0v) is 5.45. The van der Waals surface area contributed by atoms with E-state index in [1.54, 1.807) is 0 Å². The third kappa shape index (κ3) is 1.52. The Bertz CT molecular complexity index is 199. The maximum Gasteiger partial charge on any atom is 0.252 e. The number of nitrogens with zero attached hydrogens (tertiary/aromatic N) is 2. The molecule has 56 valence electrons. The van der Waals surface area contributed by atoms with Crippen molar-refractivity contribution >= 4 is 0 Å². The van der Waals surface area contributed by atoms with Crippen molar-refractivity contribution in [3.8, 4) is 0 Å². The van der Waals surface area contributed by atoms with Gasteiger partial charge in [-0.15, -0.1) is 0 Å². The van der Waals surface area contributed by atoms with Crippen LogP contribution in [0.3, 0.4) is 0 Å². The summed E-state index contributed by atoms with van der Waals surface area (Å²) in [4.78, 5) is 3.81. The minimum Gasteiger partial charge on any atom is -0.387 e. The van der Waals surface area contributed by atoms with Gasteiger partial charge in [-0.05, 0) is 6.54 Å². The van der Waals surface area contributed by atoms with Gasteiger partial charge in [-0.25, -0.2) is 0 Å². The number of hydrogen-bond acceptors (Lipinski definition) is 5. The van der Waals surface area contributed by atoms with Crippen molar-refractivity contribution in [2.45, 2.75) is 13.0 Å². The normalized spacial score (nSPS) is 10.2. The molecule has 0 bridgehead atoms. The summed E-state index contributed by atoms with van der Waals surface area (Å²) in [5.41, 5.74) is 5.23. The minimum absolute atomic E-state index is 0.211. The monoisotopic (exact) mass is 143 g/mol. The molecule has 0 aliphatic rings. The second-order valence-electron chi connectivity index (χ2n) is 1.80. The molecule has 1 heterocycles. The van der Waals surface area contributed by atoms with Gasteiger partial charge in [0, 0.05) is 6.42 Å². The van der Waals surface area contributed by atoms with E-state index in [4.69, 9.17) is 10.8 Å². The lowest BCUT2D eigenvalue weighted by molar-refractivity contribution is 0.222. The molecule has 0 radical (unpaired) electrons. The summed E-state index contributed by atoms with van der Waals surface area (Å²) in [7, 11) is 0. The van der Waals surface area contributed by atoms with Gasteiger partial charge in [0.25, 0.3) is 5.89 Å². The molecule has 0 spiro atoms. The van der Waals surface area contributed by atoms with Crippen LogP contribution in [-0.4, -0.2) is 21.8 Å². The Balaban J connectivity index is 2.59. The molecule has 0 saturated carbocycles. The Morgan fingerprint density at radius 2 is 2.40 bits per heavy atom. The Hall–Kier alpha value is -0.940. The first kappa shape index (κ1) is 7.17. The third-order valence-corrected chi connectivity index (χ3v) is 1.01. The molecule has 10 heavy (non-hydrogen) atoms. The van der Waals surface area contributed by atoms with Crippen LogP contribution in [0, 0.1) is 0 Å². The largest absolute Gasteiger partial charge is 0.387 e. The van der Waals surface area contributed by atoms with E-state index in [9.17, 15) is 0 Å². The molecule has 0 saturated heterocycles. The Morgan fingerprint density at radius 3 is 2.90 bits per heavy atom. The molecule has 0 aliphatic carbocycles. The number of aliphatic hydroxyl groups is 1. The van der Waals surface area contributed by atoms with Gasteiger partial charge in [-0.3, -0.25) is 0 Å². The van der Waals surface area contributed by atoms with Crippen LogP contribution in [0.15, 0.2) is 4.52 Å². The Kier molecular flexibility index (Phi) is 2.35. The Labute approximate surface area is 57.8 Å². The van der Waals surface area contributed by atoms with Crippen molar-refractivity contribution in [3.05, 3.63) is 11.7 Å². The highest BCUT2D eigenvalue weighted by molar-refractivity contribution is 4.84. The fourth-order valence-electron chi connectivity index (χ4n) is 0.585. The summed E-state index contributed by atoms with van der Waals surface area (Å²) < 4.78 is 4.60. The molecule has 0 aliphatic heterocycles. The first-order valence-electron chi connectivity index (χ1n) is 2.99. The fraction of sp³-hybridized carbons (Fsp3) is 0.600. The van der Waals surface area contributed by atoms with Gasteiger partial charge in [0.05, 0.1) is 0 Å². The van der Waals surface area contributed by atoms with Gasteiger partial charge >= 0.3 is 0 Å². The number of hydrogen-bond donors (Lipinski definition) is 2. The predicted molar refractivity (Wildman–Crippen MR) is 33.0 cm³/mol. The van der Waals surface area contributed by atoms with E-state index in [-0.39, 0.29) is 12.5 Å². The van der Waals surface area contributed by atoms with Crippen molar-refractivity contribution in [3.63, 3.8) is 0 Å². The van der Waals surface area contributed by atoms with Crippen LogP contribution in [0.25, 0.3) is 0 Å². The molecule has 0 unspecified atom stereocenters. The second-order valence-corrected chi connectivity index (χ2v) is 1.80. The summed E-state index contributed by atoms with van der Waals surface area (Å²) in [6.45, 7) is 0.280. The quantitative estimate of drug-likeness (QED) is 0.570. The average molecular weight is 143 g/mol. The van der Waals surface area contributed by atoms with E-state index in [0.29, 0.717) is 18.8 Å². The number of aromatic nitrogens is 2. The second kappa shape index (κ2) is 3.28. The molecular weight excluding hydrogens is 134 g/mol. The van der Waals surface area contributed by atoms with Crippen molar-refractivity contribution in [2.24, 2.45) is 5.73 Å². The van der Waals surface area contributed by atoms with E-state index in [1.165, 1.54) is 0 Å². The smallest absolute Gasteiger partial charge is 0.252 e. The molecule has 1 rings (SSSR count). The maximum atomic E-state index is 8.49. The molecule has 1 aromatic heterocycles. The van der Waals surface area contributed by atoms with Crippen molar-refractivity contribution in [2.75, 3.05) is 6.54 Å². The van der Waals surface area contributed by atoms with Crippen LogP contribution in [0.5, 0.6) is 0 Å². The highest BCUT2D eigenvalue weighted by Crippen LogP contribution is 1.95. The van der Waals surface area contributed by atoms with Crippen LogP contribution in [0.1, 0.15) is 11.7 Å². The molecule has 0 amide bonds. The van der Waals surface area contributed by atoms with Crippen LogP contribution < -0.4 is 5.73 Å². The van der Waals surface area contributed by atoms with Crippen molar-refractivity contribution in [1.29, 1.82) is 0 Å². The molecule has 5 nitrogen and oxygen atoms in total. The molecule has 0 atom stereocenters. The van der Waals surface area contributed by atoms with Crippen molar-refractivity contribution < 1.29 is 9.63 Å². The maximum absolute atomic E-state index is 8.49. The van der Waals surface area contributed by atoms with Crippen LogP contribution in [0.2, 0.25) is 0 Å². The predicted octanol–water partition coefficient (Wildman–Crippen LogP) is -0.937. The summed E-state index contributed by atoms with van der Waals surface area (Å²) in [6.07, 6.45) is 0.587. The van der Waals surface area contributed by atoms with Gasteiger partial charge < -0.3 is 15.4 Å². The molecule has 0 fully saturated rings. The zero-order valence-electron chi connectivity index (χ0n) is 5.45. The van der Waals surface area contributed by atoms with Gasteiger partial charge in [0.15, 0.2) is 5.82 Å². The first-order chi connectivity index (χ1) is 4.86. The molecular formula is C5H9N3O2. The summed E-state index contributed by atoms with van der Waals surface area (Å²) in [5.74, 6) is 0.787. The third-order valence-electron chi connectivity index (χ3n) is 1.01. The lowest BCUT2D eigenvalue weighted by Crippen LogP contribution is -2.03. The standard InChI is InChI=1S/C5H9N3O2/c6-2-1-4-7-5(3-9)10-8-4/h9H,1-3,6H2. The molecule has 0 aromatic carbocycles. The molecule has 3 N–H and O–H groups in total. The summed E-state index contributed by atoms with van der Waals surface area (Å²) in [5, 5.41) is 12.0. The van der Waals surface area contributed by atoms with Gasteiger partial charge in [0.2, 0.25) is 0 Å². The topological polar surface area (TPSA) is 85.2 Å². The van der Waals surface area contributed by atoms with E-state index >= 15 is 0 Å². The SMILES string of the molecule is NCCc1noc(CO)n1. The van der Waals surface area contributed by atoms with Crippen LogP contribution >= 0.6 is 0 Å². The average Bonchev–Trinajstić information content (AvgIpc) is 2.37. The number of nitrogens with two attached hydrogens (primary N) is 1. The van der Waals surface area contributed by atoms with E-state index in [2.05, 4.69) is 14.7 Å². The minimum atomic E-state index is -0.211. The summed E-state index contributed by atoms with van der Waals surface area (Å²) >= 11 is 0. The van der Waals surface area contributed by atoms with Crippen molar-refractivity contribution in [1.82, 2.24) is 10.1 Å². The molecule has 5 heteroatoms. The van der Waals surface area contributed by atoms with E-state index < -0.39 is 0 Å². The molecule has 1 aromatic rings. The summed E-state index contributed by atoms with van der Waals surface area (Å²) in [6, 6.07) is 0. The van der Waals surface area contributed by atoms with Gasteiger partial charge in [0.1, 0.15) is 6.61 Å². The Morgan fingerprint density at radius 1 is 1.60 bits per heavy atom. The van der Waals surface area contributed by atoms with Gasteiger partial charge in [-0.1, -0.05) is 5.16 Å². The number of aliphatic hydroxyl groups excluding tert-OH is 1. The lowest BCUT2D eigenvalue weighted by Gasteiger charge is -1.82. The van der Waals surface area contributed by atoms with E-state index in [1.807, 2.05) is 0 Å². The zero-order chi connectivity index (χ0) is 7.40. The fourth-order valence-corrected chi connectivity index (χ4v) is 0.585. The highest BCUT2D eigenvalue weighted by atomic mass is 16.5.